The number of hydrogen-bond donors (Lipinski definition) is 1. The van der Waals surface area contributed by atoms with Gasteiger partial charge in [-0.25, -0.2) is 18.2 Å². The summed E-state index contributed by atoms with van der Waals surface area (Å²) in [5, 5.41) is 3.13. The summed E-state index contributed by atoms with van der Waals surface area (Å²) in [5.74, 6) is -3.99. The average Bonchev–Trinajstić information content (AvgIpc) is 2.81. The molecular weight excluding hydrogens is 257 g/mol. The Morgan fingerprint density at radius 1 is 1.21 bits per heavy atom. The Labute approximate surface area is 108 Å². The molecule has 102 valence electrons. The number of aromatic nitrogens is 1. The van der Waals surface area contributed by atoms with Gasteiger partial charge in [0.15, 0.2) is 17.5 Å². The molecule has 0 aliphatic carbocycles. The fourth-order valence-corrected chi connectivity index (χ4v) is 1.51. The van der Waals surface area contributed by atoms with Crippen molar-refractivity contribution in [3.05, 3.63) is 41.5 Å². The van der Waals surface area contributed by atoms with Crippen LogP contribution in [-0.2, 0) is 6.54 Å². The van der Waals surface area contributed by atoms with Crippen LogP contribution < -0.4 is 5.32 Å². The minimum atomic E-state index is -1.50. The molecule has 0 fully saturated rings. The summed E-state index contributed by atoms with van der Waals surface area (Å²) in [6, 6.07) is 1.98. The van der Waals surface area contributed by atoms with E-state index in [9.17, 15) is 13.2 Å². The third-order valence-electron chi connectivity index (χ3n) is 2.47. The van der Waals surface area contributed by atoms with Crippen LogP contribution in [0.15, 0.2) is 22.8 Å². The van der Waals surface area contributed by atoms with Crippen molar-refractivity contribution in [3.63, 3.8) is 0 Å². The van der Waals surface area contributed by atoms with Crippen molar-refractivity contribution < 1.29 is 17.6 Å². The van der Waals surface area contributed by atoms with E-state index < -0.39 is 17.5 Å². The Balaban J connectivity index is 2.23. The lowest BCUT2D eigenvalue weighted by Gasteiger charge is -2.04. The van der Waals surface area contributed by atoms with Gasteiger partial charge in [0, 0.05) is 18.2 Å². The summed E-state index contributed by atoms with van der Waals surface area (Å²) in [7, 11) is 0. The van der Waals surface area contributed by atoms with Gasteiger partial charge in [-0.1, -0.05) is 13.8 Å². The Kier molecular flexibility index (Phi) is 3.90. The van der Waals surface area contributed by atoms with Gasteiger partial charge in [0.2, 0.25) is 5.89 Å². The highest BCUT2D eigenvalue weighted by Gasteiger charge is 2.14. The standard InChI is InChI=1S/C13H13F3N2O/c1-7(2)17-5-9-6-19-13(18-9)8-3-10(14)12(16)11(15)4-8/h3-4,6-7,17H,5H2,1-2H3. The summed E-state index contributed by atoms with van der Waals surface area (Å²) in [6.45, 7) is 4.44. The maximum Gasteiger partial charge on any atom is 0.226 e. The van der Waals surface area contributed by atoms with Crippen molar-refractivity contribution in [2.45, 2.75) is 26.4 Å². The summed E-state index contributed by atoms with van der Waals surface area (Å²) in [5.41, 5.74) is 0.668. The molecule has 0 saturated carbocycles. The zero-order chi connectivity index (χ0) is 14.0. The van der Waals surface area contributed by atoms with E-state index in [1.54, 1.807) is 0 Å². The van der Waals surface area contributed by atoms with Crippen LogP contribution in [0, 0.1) is 17.5 Å². The first-order chi connectivity index (χ1) is 8.97. The molecule has 0 aliphatic rings. The van der Waals surface area contributed by atoms with E-state index in [1.807, 2.05) is 13.8 Å². The second kappa shape index (κ2) is 5.44. The molecule has 0 bridgehead atoms. The lowest BCUT2D eigenvalue weighted by Crippen LogP contribution is -2.21. The molecule has 2 rings (SSSR count). The van der Waals surface area contributed by atoms with Crippen molar-refractivity contribution >= 4 is 0 Å². The van der Waals surface area contributed by atoms with E-state index in [1.165, 1.54) is 6.26 Å². The number of rotatable bonds is 4. The van der Waals surface area contributed by atoms with Crippen molar-refractivity contribution in [1.82, 2.24) is 10.3 Å². The second-order valence-corrected chi connectivity index (χ2v) is 4.43. The molecule has 3 nitrogen and oxygen atoms in total. The van der Waals surface area contributed by atoms with Crippen molar-refractivity contribution in [2.75, 3.05) is 0 Å². The van der Waals surface area contributed by atoms with Gasteiger partial charge in [0.25, 0.3) is 0 Å². The van der Waals surface area contributed by atoms with Gasteiger partial charge < -0.3 is 9.73 Å². The van der Waals surface area contributed by atoms with Crippen LogP contribution in [0.4, 0.5) is 13.2 Å². The number of nitrogens with one attached hydrogen (secondary N) is 1. The first-order valence-corrected chi connectivity index (χ1v) is 5.80. The van der Waals surface area contributed by atoms with E-state index in [0.717, 1.165) is 12.1 Å². The van der Waals surface area contributed by atoms with E-state index in [2.05, 4.69) is 10.3 Å². The first-order valence-electron chi connectivity index (χ1n) is 5.80. The molecule has 0 saturated heterocycles. The molecule has 19 heavy (non-hydrogen) atoms. The van der Waals surface area contributed by atoms with Gasteiger partial charge in [0.1, 0.15) is 6.26 Å². The predicted octanol–water partition coefficient (Wildman–Crippen LogP) is 3.26. The normalized spacial score (nSPS) is 11.3. The Morgan fingerprint density at radius 3 is 2.42 bits per heavy atom. The van der Waals surface area contributed by atoms with Crippen LogP contribution in [-0.4, -0.2) is 11.0 Å². The summed E-state index contributed by atoms with van der Waals surface area (Å²) >= 11 is 0. The monoisotopic (exact) mass is 270 g/mol. The van der Waals surface area contributed by atoms with E-state index in [-0.39, 0.29) is 17.5 Å². The fraction of sp³-hybridized carbons (Fsp3) is 0.308. The molecule has 0 amide bonds. The third-order valence-corrected chi connectivity index (χ3v) is 2.47. The van der Waals surface area contributed by atoms with Crippen LogP contribution in [0.25, 0.3) is 11.5 Å². The van der Waals surface area contributed by atoms with Crippen LogP contribution in [0.3, 0.4) is 0 Å². The molecule has 1 heterocycles. The molecule has 1 aromatic carbocycles. The Hall–Kier alpha value is -1.82. The van der Waals surface area contributed by atoms with Crippen LogP contribution in [0.5, 0.6) is 0 Å². The molecule has 1 N–H and O–H groups in total. The highest BCUT2D eigenvalue weighted by atomic mass is 19.2. The maximum atomic E-state index is 13.1. The molecule has 0 unspecified atom stereocenters. The predicted molar refractivity (Wildman–Crippen MR) is 63.8 cm³/mol. The highest BCUT2D eigenvalue weighted by Crippen LogP contribution is 2.23. The lowest BCUT2D eigenvalue weighted by molar-refractivity contribution is 0.446. The molecule has 6 heteroatoms. The quantitative estimate of drug-likeness (QED) is 0.867. The third kappa shape index (κ3) is 3.14. The highest BCUT2D eigenvalue weighted by molar-refractivity contribution is 5.53. The molecule has 0 aliphatic heterocycles. The van der Waals surface area contributed by atoms with E-state index in [0.29, 0.717) is 12.2 Å². The Bertz CT molecular complexity index is 558. The summed E-state index contributed by atoms with van der Waals surface area (Å²) < 4.78 is 44.1. The van der Waals surface area contributed by atoms with Gasteiger partial charge >= 0.3 is 0 Å². The van der Waals surface area contributed by atoms with Crippen LogP contribution in [0.1, 0.15) is 19.5 Å². The van der Waals surface area contributed by atoms with Crippen molar-refractivity contribution in [2.24, 2.45) is 0 Å². The average molecular weight is 270 g/mol. The topological polar surface area (TPSA) is 38.1 Å². The van der Waals surface area contributed by atoms with Gasteiger partial charge in [-0.05, 0) is 12.1 Å². The molecule has 1 aromatic heterocycles. The zero-order valence-corrected chi connectivity index (χ0v) is 10.5. The van der Waals surface area contributed by atoms with Gasteiger partial charge in [-0.2, -0.15) is 0 Å². The van der Waals surface area contributed by atoms with Crippen LogP contribution >= 0.6 is 0 Å². The van der Waals surface area contributed by atoms with Gasteiger partial charge in [-0.3, -0.25) is 0 Å². The maximum absolute atomic E-state index is 13.1. The van der Waals surface area contributed by atoms with Gasteiger partial charge in [0.05, 0.1) is 5.69 Å². The number of benzene rings is 1. The van der Waals surface area contributed by atoms with Crippen molar-refractivity contribution in [3.8, 4) is 11.5 Å². The Morgan fingerprint density at radius 2 is 1.84 bits per heavy atom. The lowest BCUT2D eigenvalue weighted by atomic mass is 10.2. The molecule has 0 spiro atoms. The smallest absolute Gasteiger partial charge is 0.226 e. The second-order valence-electron chi connectivity index (χ2n) is 4.43. The molecule has 2 aromatic rings. The summed E-state index contributed by atoms with van der Waals surface area (Å²) in [4.78, 5) is 4.08. The fourth-order valence-electron chi connectivity index (χ4n) is 1.51. The zero-order valence-electron chi connectivity index (χ0n) is 10.5. The summed E-state index contributed by atoms with van der Waals surface area (Å²) in [6.07, 6.45) is 1.39. The largest absolute Gasteiger partial charge is 0.444 e. The number of nitrogens with zero attached hydrogens (tertiary/aromatic N) is 1. The van der Waals surface area contributed by atoms with Crippen LogP contribution in [0.2, 0.25) is 0 Å². The number of halogens is 3. The minimum Gasteiger partial charge on any atom is -0.444 e. The number of oxazole rings is 1. The molecule has 0 radical (unpaired) electrons. The van der Waals surface area contributed by atoms with E-state index >= 15 is 0 Å². The number of hydrogen-bond acceptors (Lipinski definition) is 3. The SMILES string of the molecule is CC(C)NCc1coc(-c2cc(F)c(F)c(F)c2)n1. The molecule has 0 atom stereocenters. The van der Waals surface area contributed by atoms with Gasteiger partial charge in [-0.15, -0.1) is 0 Å². The first kappa shape index (κ1) is 13.6. The van der Waals surface area contributed by atoms with E-state index in [4.69, 9.17) is 4.42 Å². The minimum absolute atomic E-state index is 0.0540. The molecular formula is C13H13F3N2O. The van der Waals surface area contributed by atoms with Crippen molar-refractivity contribution in [1.29, 1.82) is 0 Å².